The molecule has 2 fully saturated rings. The maximum atomic E-state index is 6.18. The van der Waals surface area contributed by atoms with Crippen molar-refractivity contribution in [3.63, 3.8) is 0 Å². The summed E-state index contributed by atoms with van der Waals surface area (Å²) < 4.78 is 6.18. The Hall–Kier alpha value is -0.800. The first kappa shape index (κ1) is 15.1. The summed E-state index contributed by atoms with van der Waals surface area (Å²) in [7, 11) is 0. The van der Waals surface area contributed by atoms with E-state index in [9.17, 15) is 0 Å². The summed E-state index contributed by atoms with van der Waals surface area (Å²) in [6, 6.07) is 5.34. The minimum Gasteiger partial charge on any atom is -0.464 e. The van der Waals surface area contributed by atoms with Gasteiger partial charge in [0.15, 0.2) is 0 Å². The van der Waals surface area contributed by atoms with Crippen molar-refractivity contribution in [1.82, 2.24) is 4.90 Å². The first-order chi connectivity index (χ1) is 10.1. The van der Waals surface area contributed by atoms with Crippen LogP contribution in [-0.2, 0) is 0 Å². The van der Waals surface area contributed by atoms with Crippen molar-refractivity contribution in [2.24, 2.45) is 17.6 Å². The second-order valence-corrected chi connectivity index (χ2v) is 7.46. The largest absolute Gasteiger partial charge is 0.464 e. The van der Waals surface area contributed by atoms with E-state index in [-0.39, 0.29) is 6.04 Å². The van der Waals surface area contributed by atoms with Crippen molar-refractivity contribution < 1.29 is 4.42 Å². The lowest BCUT2D eigenvalue weighted by Gasteiger charge is -2.30. The molecule has 0 radical (unpaired) electrons. The van der Waals surface area contributed by atoms with Crippen LogP contribution in [0.25, 0.3) is 0 Å². The Balaban J connectivity index is 1.70. The molecule has 0 amide bonds. The van der Waals surface area contributed by atoms with E-state index in [1.807, 2.05) is 0 Å². The Labute approximate surface area is 128 Å². The van der Waals surface area contributed by atoms with E-state index in [1.54, 1.807) is 0 Å². The minimum absolute atomic E-state index is 0.263. The van der Waals surface area contributed by atoms with Crippen LogP contribution < -0.4 is 5.73 Å². The predicted molar refractivity (Wildman–Crippen MR) is 86.2 cm³/mol. The monoisotopic (exact) mass is 290 g/mol. The lowest BCUT2D eigenvalue weighted by atomic mass is 10.1. The predicted octanol–water partition coefficient (Wildman–Crippen LogP) is 3.91. The number of furan rings is 1. The third-order valence-electron chi connectivity index (χ3n) is 5.06. The molecule has 0 bridgehead atoms. The second kappa shape index (κ2) is 6.13. The van der Waals surface area contributed by atoms with Crippen molar-refractivity contribution in [2.45, 2.75) is 64.5 Å². The highest BCUT2D eigenvalue weighted by Crippen LogP contribution is 2.48. The molecule has 3 heteroatoms. The summed E-state index contributed by atoms with van der Waals surface area (Å²) >= 11 is 0. The van der Waals surface area contributed by atoms with Gasteiger partial charge in [-0.05, 0) is 56.2 Å². The highest BCUT2D eigenvalue weighted by molar-refractivity contribution is 5.20. The van der Waals surface area contributed by atoms with Crippen molar-refractivity contribution >= 4 is 0 Å². The number of hydrogen-bond donors (Lipinski definition) is 1. The van der Waals surface area contributed by atoms with Crippen LogP contribution in [0.3, 0.4) is 0 Å². The molecule has 2 aliphatic carbocycles. The Morgan fingerprint density at radius 3 is 2.57 bits per heavy atom. The summed E-state index contributed by atoms with van der Waals surface area (Å²) in [5.74, 6) is 4.45. The molecule has 1 aromatic rings. The summed E-state index contributed by atoms with van der Waals surface area (Å²) in [4.78, 5) is 2.60. The first-order valence-electron chi connectivity index (χ1n) is 8.65. The fourth-order valence-corrected chi connectivity index (χ4v) is 3.29. The molecule has 3 atom stereocenters. The van der Waals surface area contributed by atoms with E-state index in [2.05, 4.69) is 37.8 Å². The molecule has 3 rings (SSSR count). The van der Waals surface area contributed by atoms with Gasteiger partial charge in [0.2, 0.25) is 0 Å². The summed E-state index contributed by atoms with van der Waals surface area (Å²) in [5.41, 5.74) is 6.10. The van der Waals surface area contributed by atoms with Crippen LogP contribution in [0.5, 0.6) is 0 Å². The van der Waals surface area contributed by atoms with Crippen LogP contribution in [0.4, 0.5) is 0 Å². The van der Waals surface area contributed by atoms with Crippen molar-refractivity contribution in [3.8, 4) is 0 Å². The van der Waals surface area contributed by atoms with E-state index >= 15 is 0 Å². The van der Waals surface area contributed by atoms with Gasteiger partial charge in [0.25, 0.3) is 0 Å². The summed E-state index contributed by atoms with van der Waals surface area (Å²) in [5, 5.41) is 0. The van der Waals surface area contributed by atoms with Crippen LogP contribution >= 0.6 is 0 Å². The Morgan fingerprint density at radius 1 is 1.33 bits per heavy atom. The quantitative estimate of drug-likeness (QED) is 0.789. The number of hydrogen-bond acceptors (Lipinski definition) is 3. The molecule has 3 nitrogen and oxygen atoms in total. The molecule has 3 unspecified atom stereocenters. The van der Waals surface area contributed by atoms with Gasteiger partial charge in [0.05, 0.1) is 6.04 Å². The van der Waals surface area contributed by atoms with Crippen molar-refractivity contribution in [3.05, 3.63) is 23.7 Å². The summed E-state index contributed by atoms with van der Waals surface area (Å²) in [6.07, 6.45) is 5.16. The van der Waals surface area contributed by atoms with Gasteiger partial charge >= 0.3 is 0 Å². The standard InChI is InChI=1S/C18H30N2O/c1-12(2)8-9-20(14-4-5-14)16(11-19)18-7-6-17(21-18)15-10-13(15)3/h6-7,12-16H,4-5,8-11,19H2,1-3H3. The molecule has 118 valence electrons. The molecule has 1 aromatic heterocycles. The van der Waals surface area contributed by atoms with Crippen LogP contribution in [0.2, 0.25) is 0 Å². The van der Waals surface area contributed by atoms with E-state index in [0.29, 0.717) is 12.5 Å². The van der Waals surface area contributed by atoms with Gasteiger partial charge in [-0.3, -0.25) is 4.90 Å². The average Bonchev–Trinajstić information content (AvgIpc) is 3.36. The Bertz CT molecular complexity index is 464. The third-order valence-corrected chi connectivity index (χ3v) is 5.06. The maximum Gasteiger partial charge on any atom is 0.122 e. The number of nitrogens with zero attached hydrogens (tertiary/aromatic N) is 1. The molecule has 0 aliphatic heterocycles. The smallest absolute Gasteiger partial charge is 0.122 e. The van der Waals surface area contributed by atoms with Crippen LogP contribution in [-0.4, -0.2) is 24.0 Å². The van der Waals surface area contributed by atoms with Gasteiger partial charge in [-0.25, -0.2) is 0 Å². The van der Waals surface area contributed by atoms with Crippen LogP contribution in [0.1, 0.15) is 69.9 Å². The lowest BCUT2D eigenvalue weighted by molar-refractivity contribution is 0.159. The minimum atomic E-state index is 0.263. The molecule has 0 aromatic carbocycles. The zero-order chi connectivity index (χ0) is 15.0. The average molecular weight is 290 g/mol. The SMILES string of the molecule is CC(C)CCN(C1CC1)C(CN)c1ccc(C2CC2C)o1. The highest BCUT2D eigenvalue weighted by Gasteiger charge is 2.38. The van der Waals surface area contributed by atoms with E-state index < -0.39 is 0 Å². The molecule has 1 heterocycles. The van der Waals surface area contributed by atoms with Gasteiger partial charge in [-0.15, -0.1) is 0 Å². The van der Waals surface area contributed by atoms with Crippen molar-refractivity contribution in [1.29, 1.82) is 0 Å². The zero-order valence-electron chi connectivity index (χ0n) is 13.7. The molecular weight excluding hydrogens is 260 g/mol. The third kappa shape index (κ3) is 3.51. The molecule has 2 aliphatic rings. The fourth-order valence-electron chi connectivity index (χ4n) is 3.29. The van der Waals surface area contributed by atoms with E-state index in [1.165, 1.54) is 31.4 Å². The normalized spacial score (nSPS) is 26.6. The molecule has 0 saturated heterocycles. The fraction of sp³-hybridized carbons (Fsp3) is 0.778. The molecule has 0 spiro atoms. The Morgan fingerprint density at radius 2 is 2.05 bits per heavy atom. The number of nitrogens with two attached hydrogens (primary N) is 1. The van der Waals surface area contributed by atoms with Gasteiger partial charge in [-0.2, -0.15) is 0 Å². The summed E-state index contributed by atoms with van der Waals surface area (Å²) in [6.45, 7) is 8.68. The number of rotatable bonds is 8. The Kier molecular flexibility index (Phi) is 4.41. The van der Waals surface area contributed by atoms with Gasteiger partial charge in [0.1, 0.15) is 11.5 Å². The zero-order valence-corrected chi connectivity index (χ0v) is 13.7. The molecule has 2 N–H and O–H groups in total. The topological polar surface area (TPSA) is 42.4 Å². The molecular formula is C18H30N2O. The highest BCUT2D eigenvalue weighted by atomic mass is 16.3. The van der Waals surface area contributed by atoms with Crippen LogP contribution in [0.15, 0.2) is 16.5 Å². The lowest BCUT2D eigenvalue weighted by Crippen LogP contribution is -2.36. The van der Waals surface area contributed by atoms with Crippen molar-refractivity contribution in [2.75, 3.05) is 13.1 Å². The van der Waals surface area contributed by atoms with Gasteiger partial charge in [-0.1, -0.05) is 20.8 Å². The van der Waals surface area contributed by atoms with Gasteiger partial charge < -0.3 is 10.2 Å². The first-order valence-corrected chi connectivity index (χ1v) is 8.65. The van der Waals surface area contributed by atoms with Crippen LogP contribution in [0, 0.1) is 11.8 Å². The van der Waals surface area contributed by atoms with E-state index in [0.717, 1.165) is 30.2 Å². The molecule has 2 saturated carbocycles. The van der Waals surface area contributed by atoms with Gasteiger partial charge in [0, 0.05) is 18.5 Å². The maximum absolute atomic E-state index is 6.18. The van der Waals surface area contributed by atoms with E-state index in [4.69, 9.17) is 10.2 Å². The molecule has 21 heavy (non-hydrogen) atoms. The second-order valence-electron chi connectivity index (χ2n) is 7.46.